The number of carboxylic acids is 1. The van der Waals surface area contributed by atoms with E-state index in [4.69, 9.17) is 9.26 Å². The molecule has 1 saturated heterocycles. The Kier molecular flexibility index (Phi) is 6.61. The fraction of sp³-hybridized carbons (Fsp3) is 0.414. The summed E-state index contributed by atoms with van der Waals surface area (Å²) in [5.74, 6) is -0.654. The monoisotopic (exact) mass is 603 g/mol. The lowest BCUT2D eigenvalue weighted by atomic mass is 10.0. The normalized spacial score (nSPS) is 22.2. The number of para-hydroxylation sites is 1. The van der Waals surface area contributed by atoms with Gasteiger partial charge in [0.15, 0.2) is 10.9 Å². The first-order valence-electron chi connectivity index (χ1n) is 13.7. The van der Waals surface area contributed by atoms with Gasteiger partial charge in [0, 0.05) is 30.1 Å². The zero-order valence-corrected chi connectivity index (χ0v) is 22.9. The minimum Gasteiger partial charge on any atom is -0.478 e. The number of ether oxygens (including phenoxy) is 2. The second kappa shape index (κ2) is 10.2. The summed E-state index contributed by atoms with van der Waals surface area (Å²) in [5, 5.41) is 14.1. The van der Waals surface area contributed by atoms with Crippen LogP contribution in [-0.2, 0) is 11.3 Å². The molecule has 4 aromatic rings. The Morgan fingerprint density at radius 1 is 1.14 bits per heavy atom. The highest BCUT2D eigenvalue weighted by Crippen LogP contribution is 2.47. The van der Waals surface area contributed by atoms with Gasteiger partial charge in [-0.05, 0) is 61.8 Å². The highest BCUT2D eigenvalue weighted by molar-refractivity contribution is 7.22. The number of rotatable bonds is 8. The van der Waals surface area contributed by atoms with Gasteiger partial charge in [-0.15, -0.1) is 13.2 Å². The molecule has 2 aromatic carbocycles. The highest BCUT2D eigenvalue weighted by Gasteiger charge is 2.43. The van der Waals surface area contributed by atoms with Gasteiger partial charge in [-0.1, -0.05) is 28.6 Å². The van der Waals surface area contributed by atoms with Crippen LogP contribution in [0, 0.1) is 17.7 Å². The summed E-state index contributed by atoms with van der Waals surface area (Å²) in [7, 11) is 0. The van der Waals surface area contributed by atoms with Crippen molar-refractivity contribution in [3.05, 3.63) is 59.1 Å². The molecule has 13 heteroatoms. The number of aromatic nitrogens is 2. The molecule has 42 heavy (non-hydrogen) atoms. The summed E-state index contributed by atoms with van der Waals surface area (Å²) >= 11 is 1.28. The Morgan fingerprint density at radius 2 is 1.88 bits per heavy atom. The smallest absolute Gasteiger partial charge is 0.478 e. The van der Waals surface area contributed by atoms with Crippen LogP contribution in [0.5, 0.6) is 5.75 Å². The van der Waals surface area contributed by atoms with E-state index in [1.807, 2.05) is 0 Å². The summed E-state index contributed by atoms with van der Waals surface area (Å²) in [6.45, 7) is 1.62. The van der Waals surface area contributed by atoms with Crippen LogP contribution in [0.25, 0.3) is 21.5 Å². The molecule has 3 aliphatic rings. The van der Waals surface area contributed by atoms with Gasteiger partial charge in [0.05, 0.1) is 23.0 Å². The Labute approximate surface area is 240 Å². The molecule has 1 N–H and O–H groups in total. The van der Waals surface area contributed by atoms with E-state index < -0.39 is 18.1 Å². The first kappa shape index (κ1) is 27.1. The van der Waals surface area contributed by atoms with Crippen LogP contribution in [0.4, 0.5) is 22.7 Å². The number of benzene rings is 2. The van der Waals surface area contributed by atoms with Gasteiger partial charge < -0.3 is 24.0 Å². The first-order valence-corrected chi connectivity index (χ1v) is 14.5. The maximum absolute atomic E-state index is 14.5. The van der Waals surface area contributed by atoms with Crippen LogP contribution in [0.1, 0.15) is 53.3 Å². The van der Waals surface area contributed by atoms with Crippen LogP contribution in [0.3, 0.4) is 0 Å². The van der Waals surface area contributed by atoms with Crippen molar-refractivity contribution >= 4 is 32.7 Å². The molecule has 3 heterocycles. The quantitative estimate of drug-likeness (QED) is 0.215. The van der Waals surface area contributed by atoms with Crippen LogP contribution >= 0.6 is 11.3 Å². The molecule has 7 rings (SSSR count). The molecule has 2 aromatic heterocycles. The molecule has 220 valence electrons. The maximum Gasteiger partial charge on any atom is 0.573 e. The van der Waals surface area contributed by atoms with Crippen molar-refractivity contribution in [1.82, 2.24) is 10.1 Å². The third-order valence-electron chi connectivity index (χ3n) is 8.26. The second-order valence-corrected chi connectivity index (χ2v) is 12.1. The minimum atomic E-state index is -4.84. The van der Waals surface area contributed by atoms with Gasteiger partial charge in [0.2, 0.25) is 0 Å². The molecule has 1 aliphatic heterocycles. The number of hydrogen-bond donors (Lipinski definition) is 1. The summed E-state index contributed by atoms with van der Waals surface area (Å²) in [6.07, 6.45) is -1.41. The van der Waals surface area contributed by atoms with Gasteiger partial charge in [-0.2, -0.15) is 0 Å². The van der Waals surface area contributed by atoms with Crippen LogP contribution in [-0.4, -0.2) is 46.8 Å². The number of halogens is 4. The van der Waals surface area contributed by atoms with E-state index in [-0.39, 0.29) is 41.0 Å². The number of carbonyl (C=O) groups is 1. The van der Waals surface area contributed by atoms with E-state index in [2.05, 4.69) is 19.8 Å². The van der Waals surface area contributed by atoms with Crippen molar-refractivity contribution in [2.75, 3.05) is 18.0 Å². The summed E-state index contributed by atoms with van der Waals surface area (Å²) in [6, 6.07) is 8.33. The summed E-state index contributed by atoms with van der Waals surface area (Å²) in [5.41, 5.74) is 1.23. The fourth-order valence-electron chi connectivity index (χ4n) is 6.19. The molecule has 8 nitrogen and oxygen atoms in total. The predicted molar refractivity (Wildman–Crippen MR) is 144 cm³/mol. The number of nitrogens with zero attached hydrogens (tertiary/aromatic N) is 3. The van der Waals surface area contributed by atoms with Gasteiger partial charge in [-0.3, -0.25) is 0 Å². The first-order chi connectivity index (χ1) is 20.1. The lowest BCUT2D eigenvalue weighted by molar-refractivity contribution is -0.274. The minimum absolute atomic E-state index is 0.0374. The molecule has 3 atom stereocenters. The van der Waals surface area contributed by atoms with Gasteiger partial charge >= 0.3 is 12.3 Å². The predicted octanol–water partition coefficient (Wildman–Crippen LogP) is 7.00. The second-order valence-electron chi connectivity index (χ2n) is 11.1. The number of aromatic carboxylic acids is 1. The average Bonchev–Trinajstić information content (AvgIpc) is 3.24. The maximum atomic E-state index is 14.5. The third-order valence-corrected chi connectivity index (χ3v) is 9.32. The molecule has 0 radical (unpaired) electrons. The molecule has 0 spiro atoms. The van der Waals surface area contributed by atoms with Gasteiger partial charge in [0.25, 0.3) is 0 Å². The van der Waals surface area contributed by atoms with Crippen molar-refractivity contribution in [1.29, 1.82) is 0 Å². The zero-order chi connectivity index (χ0) is 29.2. The van der Waals surface area contributed by atoms with Crippen molar-refractivity contribution in [3.63, 3.8) is 0 Å². The number of alkyl halides is 3. The Bertz CT molecular complexity index is 1650. The lowest BCUT2D eigenvalue weighted by Gasteiger charge is -2.19. The summed E-state index contributed by atoms with van der Waals surface area (Å²) in [4.78, 5) is 17.9. The van der Waals surface area contributed by atoms with E-state index in [0.29, 0.717) is 38.7 Å². The molecular weight excluding hydrogens is 578 g/mol. The topological polar surface area (TPSA) is 97.9 Å². The van der Waals surface area contributed by atoms with E-state index in [1.54, 1.807) is 6.07 Å². The van der Waals surface area contributed by atoms with Crippen LogP contribution in [0.15, 0.2) is 40.9 Å². The molecule has 2 saturated carbocycles. The number of carboxylic acid groups (broad SMARTS) is 1. The zero-order valence-electron chi connectivity index (χ0n) is 22.1. The molecular formula is C29H25F4N3O5S. The van der Waals surface area contributed by atoms with Crippen LogP contribution < -0.4 is 9.64 Å². The van der Waals surface area contributed by atoms with E-state index in [1.165, 1.54) is 35.6 Å². The number of hydrogen-bond acceptors (Lipinski definition) is 8. The van der Waals surface area contributed by atoms with E-state index in [0.717, 1.165) is 44.8 Å². The van der Waals surface area contributed by atoms with Crippen LogP contribution in [0.2, 0.25) is 0 Å². The summed E-state index contributed by atoms with van der Waals surface area (Å²) < 4.78 is 70.4. The number of anilines is 1. The van der Waals surface area contributed by atoms with Gasteiger partial charge in [-0.25, -0.2) is 14.2 Å². The van der Waals surface area contributed by atoms with Crippen molar-refractivity contribution in [2.24, 2.45) is 11.8 Å². The molecule has 0 unspecified atom stereocenters. The van der Waals surface area contributed by atoms with E-state index in [9.17, 15) is 27.5 Å². The molecule has 3 fully saturated rings. The van der Waals surface area contributed by atoms with Crippen molar-refractivity contribution < 1.29 is 41.5 Å². The highest BCUT2D eigenvalue weighted by atomic mass is 32.1. The lowest BCUT2D eigenvalue weighted by Crippen LogP contribution is -2.23. The Balaban J connectivity index is 1.04. The number of fused-ring (bicyclic) bond motifs is 2. The Morgan fingerprint density at radius 3 is 2.57 bits per heavy atom. The largest absolute Gasteiger partial charge is 0.573 e. The molecule has 2 aliphatic carbocycles. The average molecular weight is 604 g/mol. The van der Waals surface area contributed by atoms with Gasteiger partial charge in [0.1, 0.15) is 22.7 Å². The van der Waals surface area contributed by atoms with Crippen molar-refractivity contribution in [3.8, 4) is 17.0 Å². The molecule has 0 amide bonds. The standard InChI is InChI=1S/C29H25F4N3O5S/c30-21-9-15(27(37)38)10-23-25(21)34-28(42-23)36-11-16-7-18(8-17(16)12-36)39-13-20-24(35-41-26(20)14-5-6-14)19-3-1-2-4-22(19)40-29(31,32)33/h1-4,9-10,14,16-18H,5-8,11-13H2,(H,37,38)/t16-,17+,18+. The van der Waals surface area contributed by atoms with E-state index >= 15 is 0 Å². The third kappa shape index (κ3) is 5.19. The molecule has 0 bridgehead atoms. The number of thiazole rings is 1. The SMILES string of the molecule is O=C(O)c1cc(F)c2nc(N3C[C@H]4C[C@H](OCc5c(-c6ccccc6OC(F)(F)F)noc5C5CC5)C[C@H]4C3)sc2c1. The Hall–Kier alpha value is -3.71. The van der Waals surface area contributed by atoms with Crippen molar-refractivity contribution in [2.45, 2.75) is 50.7 Å². The fourth-order valence-corrected chi connectivity index (χ4v) is 7.23.